The van der Waals surface area contributed by atoms with Gasteiger partial charge in [0.25, 0.3) is 0 Å². The van der Waals surface area contributed by atoms with E-state index >= 15 is 0 Å². The number of benzene rings is 2. The largest absolute Gasteiger partial charge is 0.459 e. The average Bonchev–Trinajstić information content (AvgIpc) is 3.47. The lowest BCUT2D eigenvalue weighted by Crippen LogP contribution is -2.32. The number of nitrogen functional groups attached to an aromatic ring is 1. The molecule has 1 fully saturated rings. The van der Waals surface area contributed by atoms with E-state index in [1.165, 1.54) is 0 Å². The second-order valence-corrected chi connectivity index (χ2v) is 9.33. The van der Waals surface area contributed by atoms with E-state index in [2.05, 4.69) is 9.97 Å². The number of hydrogen-bond acceptors (Lipinski definition) is 8. The van der Waals surface area contributed by atoms with Gasteiger partial charge in [0.1, 0.15) is 35.8 Å². The summed E-state index contributed by atoms with van der Waals surface area (Å²) < 4.78 is 19.4. The van der Waals surface area contributed by atoms with Crippen LogP contribution in [-0.4, -0.2) is 45.3 Å². The van der Waals surface area contributed by atoms with Gasteiger partial charge in [0.15, 0.2) is 0 Å². The van der Waals surface area contributed by atoms with Gasteiger partial charge < -0.3 is 24.5 Å². The number of carbonyl (C=O) groups is 2. The van der Waals surface area contributed by atoms with Crippen molar-refractivity contribution in [3.8, 4) is 0 Å². The topological polar surface area (TPSA) is 119 Å². The van der Waals surface area contributed by atoms with E-state index in [4.69, 9.17) is 31.5 Å². The highest BCUT2D eigenvalue weighted by atomic mass is 35.5. The summed E-state index contributed by atoms with van der Waals surface area (Å²) in [6.45, 7) is 3.77. The third kappa shape index (κ3) is 5.28. The van der Waals surface area contributed by atoms with Crippen LogP contribution in [0, 0.1) is 13.8 Å². The quantitative estimate of drug-likeness (QED) is 0.288. The molecule has 0 spiro atoms. The number of rotatable bonds is 6. The molecule has 2 N–H and O–H groups in total. The molecule has 0 bridgehead atoms. The highest BCUT2D eigenvalue weighted by Gasteiger charge is 2.40. The molecule has 3 heterocycles. The summed E-state index contributed by atoms with van der Waals surface area (Å²) in [7, 11) is 0. The zero-order chi connectivity index (χ0) is 26.1. The van der Waals surface area contributed by atoms with Gasteiger partial charge in [-0.05, 0) is 44.2 Å². The van der Waals surface area contributed by atoms with Gasteiger partial charge in [0.2, 0.25) is 5.95 Å². The highest BCUT2D eigenvalue weighted by Crippen LogP contribution is 2.35. The van der Waals surface area contributed by atoms with E-state index in [1.807, 2.05) is 38.1 Å². The fourth-order valence-electron chi connectivity index (χ4n) is 4.22. The van der Waals surface area contributed by atoms with E-state index in [9.17, 15) is 9.59 Å². The van der Waals surface area contributed by atoms with Crippen molar-refractivity contribution in [1.82, 2.24) is 14.5 Å². The van der Waals surface area contributed by atoms with Gasteiger partial charge in [-0.3, -0.25) is 0 Å². The van der Waals surface area contributed by atoms with Crippen LogP contribution in [-0.2, 0) is 14.2 Å². The number of ether oxygens (including phenoxy) is 3. The summed E-state index contributed by atoms with van der Waals surface area (Å²) >= 11 is 6.23. The van der Waals surface area contributed by atoms with E-state index in [0.29, 0.717) is 28.6 Å². The Morgan fingerprint density at radius 1 is 1.00 bits per heavy atom. The number of esters is 2. The van der Waals surface area contributed by atoms with Gasteiger partial charge in [0.05, 0.1) is 16.5 Å². The van der Waals surface area contributed by atoms with Crippen LogP contribution < -0.4 is 5.73 Å². The lowest BCUT2D eigenvalue weighted by atomic mass is 10.1. The maximum Gasteiger partial charge on any atom is 0.338 e. The van der Waals surface area contributed by atoms with Crippen LogP contribution in [0.3, 0.4) is 0 Å². The van der Waals surface area contributed by atoms with E-state index in [0.717, 1.165) is 11.1 Å². The summed E-state index contributed by atoms with van der Waals surface area (Å²) in [6.07, 6.45) is 0.101. The van der Waals surface area contributed by atoms with Gasteiger partial charge in [-0.1, -0.05) is 47.0 Å². The number of nitrogens with zero attached hydrogens (tertiary/aromatic N) is 3. The first kappa shape index (κ1) is 24.7. The number of carbonyl (C=O) groups excluding carboxylic acids is 2. The molecule has 1 aliphatic heterocycles. The van der Waals surface area contributed by atoms with Crippen LogP contribution in [0.5, 0.6) is 0 Å². The van der Waals surface area contributed by atoms with Crippen LogP contribution in [0.15, 0.2) is 60.8 Å². The van der Waals surface area contributed by atoms with E-state index in [-0.39, 0.29) is 17.7 Å². The van der Waals surface area contributed by atoms with Crippen molar-refractivity contribution in [2.24, 2.45) is 0 Å². The smallest absolute Gasteiger partial charge is 0.338 e. The Morgan fingerprint density at radius 2 is 1.62 bits per heavy atom. The lowest BCUT2D eigenvalue weighted by molar-refractivity contribution is -0.0562. The van der Waals surface area contributed by atoms with Crippen molar-refractivity contribution in [2.75, 3.05) is 12.3 Å². The Morgan fingerprint density at radius 3 is 2.27 bits per heavy atom. The normalized spacial score (nSPS) is 19.2. The molecular formula is C27H25ClN4O5. The molecule has 4 aromatic rings. The van der Waals surface area contributed by atoms with E-state index < -0.39 is 30.4 Å². The molecule has 1 saturated heterocycles. The molecule has 2 aromatic carbocycles. The first-order chi connectivity index (χ1) is 17.8. The molecule has 0 saturated carbocycles. The summed E-state index contributed by atoms with van der Waals surface area (Å²) in [4.78, 5) is 33.8. The molecule has 0 amide bonds. The molecule has 3 atom stereocenters. The number of anilines is 1. The molecule has 1 aliphatic rings. The van der Waals surface area contributed by atoms with Gasteiger partial charge in [-0.2, -0.15) is 4.98 Å². The number of nitrogens with two attached hydrogens (primary N) is 1. The highest BCUT2D eigenvalue weighted by molar-refractivity contribution is 6.34. The van der Waals surface area contributed by atoms with Crippen molar-refractivity contribution in [2.45, 2.75) is 38.7 Å². The molecule has 190 valence electrons. The first-order valence-corrected chi connectivity index (χ1v) is 12.1. The maximum atomic E-state index is 12.9. The standard InChI is InChI=1S/C27H25ClN4O5/c1-15-3-7-17(8-4-15)25(33)35-14-21-20(37-26(34)18-9-5-16(2)6-10-18)13-22(36-21)32-12-11-19-23(28)30-27(29)31-24(19)32/h3-12,20-22H,13-14H2,1-2H3,(H2,29,30,31)/t20-,21-,22+/m0/s1. The minimum atomic E-state index is -0.707. The summed E-state index contributed by atoms with van der Waals surface area (Å²) in [5.74, 6) is -0.952. The van der Waals surface area contributed by atoms with E-state index in [1.54, 1.807) is 41.1 Å². The zero-order valence-electron chi connectivity index (χ0n) is 20.3. The number of aromatic nitrogens is 3. The van der Waals surface area contributed by atoms with Crippen molar-refractivity contribution >= 4 is 40.5 Å². The van der Waals surface area contributed by atoms with Crippen molar-refractivity contribution < 1.29 is 23.8 Å². The molecular weight excluding hydrogens is 496 g/mol. The van der Waals surface area contributed by atoms with Crippen LogP contribution in [0.4, 0.5) is 5.95 Å². The Hall–Kier alpha value is -3.95. The molecule has 37 heavy (non-hydrogen) atoms. The summed E-state index contributed by atoms with van der Waals surface area (Å²) in [6, 6.07) is 15.9. The zero-order valence-corrected chi connectivity index (χ0v) is 21.0. The van der Waals surface area contributed by atoms with Gasteiger partial charge in [-0.25, -0.2) is 14.6 Å². The Labute approximate surface area is 218 Å². The van der Waals surface area contributed by atoms with Crippen LogP contribution >= 0.6 is 11.6 Å². The molecule has 10 heteroatoms. The Kier molecular flexibility index (Phi) is 6.82. The molecule has 0 aliphatic carbocycles. The van der Waals surface area contributed by atoms with Crippen LogP contribution in [0.2, 0.25) is 5.15 Å². The van der Waals surface area contributed by atoms with Crippen molar-refractivity contribution in [3.63, 3.8) is 0 Å². The SMILES string of the molecule is Cc1ccc(C(=O)OC[C@@H]2O[C@@H](n3ccc4c(Cl)nc(N)nc43)C[C@@H]2OC(=O)c2ccc(C)cc2)cc1. The molecule has 9 nitrogen and oxygen atoms in total. The molecule has 0 unspecified atom stereocenters. The summed E-state index contributed by atoms with van der Waals surface area (Å²) in [5.41, 5.74) is 9.20. The minimum absolute atomic E-state index is 0.0290. The lowest BCUT2D eigenvalue weighted by Gasteiger charge is -2.19. The maximum absolute atomic E-state index is 12.9. The monoisotopic (exact) mass is 520 g/mol. The third-order valence-electron chi connectivity index (χ3n) is 6.25. The van der Waals surface area contributed by atoms with Gasteiger partial charge in [0, 0.05) is 12.6 Å². The average molecular weight is 521 g/mol. The predicted octanol–water partition coefficient (Wildman–Crippen LogP) is 4.65. The Bertz CT molecular complexity index is 1450. The molecule has 0 radical (unpaired) electrons. The fourth-order valence-corrected chi connectivity index (χ4v) is 4.45. The Balaban J connectivity index is 1.37. The second-order valence-electron chi connectivity index (χ2n) is 8.97. The minimum Gasteiger partial charge on any atom is -0.459 e. The number of halogens is 1. The van der Waals surface area contributed by atoms with Crippen LogP contribution in [0.25, 0.3) is 11.0 Å². The molecule has 5 rings (SSSR count). The molecule has 2 aromatic heterocycles. The second kappa shape index (κ2) is 10.2. The first-order valence-electron chi connectivity index (χ1n) is 11.7. The van der Waals surface area contributed by atoms with Crippen molar-refractivity contribution in [1.29, 1.82) is 0 Å². The van der Waals surface area contributed by atoms with Crippen LogP contribution in [0.1, 0.15) is 44.5 Å². The number of fused-ring (bicyclic) bond motifs is 1. The fraction of sp³-hybridized carbons (Fsp3) is 0.259. The summed E-state index contributed by atoms with van der Waals surface area (Å²) in [5, 5.41) is 0.840. The third-order valence-corrected chi connectivity index (χ3v) is 6.53. The van der Waals surface area contributed by atoms with Gasteiger partial charge in [-0.15, -0.1) is 0 Å². The number of hydrogen-bond donors (Lipinski definition) is 1. The number of aryl methyl sites for hydroxylation is 2. The van der Waals surface area contributed by atoms with Crippen molar-refractivity contribution in [3.05, 3.63) is 88.2 Å². The predicted molar refractivity (Wildman–Crippen MR) is 137 cm³/mol. The van der Waals surface area contributed by atoms with Gasteiger partial charge >= 0.3 is 11.9 Å².